The SMILES string of the molecule is CCCCC1CN(c2cccc(-c3ccccc3)c2)C(=O)CN1C(=O)c1ncc(C)[nH]1. The summed E-state index contributed by atoms with van der Waals surface area (Å²) < 4.78 is 0. The molecular formula is C25H28N4O2. The molecule has 3 aromatic rings. The highest BCUT2D eigenvalue weighted by Gasteiger charge is 2.36. The van der Waals surface area contributed by atoms with Crippen LogP contribution in [0.15, 0.2) is 60.8 Å². The summed E-state index contributed by atoms with van der Waals surface area (Å²) in [4.78, 5) is 36.9. The lowest BCUT2D eigenvalue weighted by molar-refractivity contribution is -0.121. The van der Waals surface area contributed by atoms with E-state index < -0.39 is 0 Å². The van der Waals surface area contributed by atoms with Crippen LogP contribution in [0.4, 0.5) is 5.69 Å². The number of aromatic amines is 1. The van der Waals surface area contributed by atoms with Crippen LogP contribution in [0.1, 0.15) is 42.5 Å². The lowest BCUT2D eigenvalue weighted by atomic mass is 10.0. The quantitative estimate of drug-likeness (QED) is 0.646. The molecule has 0 spiro atoms. The molecular weight excluding hydrogens is 388 g/mol. The van der Waals surface area contributed by atoms with Crippen molar-refractivity contribution in [3.8, 4) is 11.1 Å². The number of nitrogens with one attached hydrogen (secondary N) is 1. The zero-order chi connectivity index (χ0) is 21.8. The van der Waals surface area contributed by atoms with Gasteiger partial charge in [-0.1, -0.05) is 62.2 Å². The molecule has 31 heavy (non-hydrogen) atoms. The molecule has 0 aliphatic carbocycles. The molecule has 6 heteroatoms. The molecule has 2 aromatic carbocycles. The topological polar surface area (TPSA) is 69.3 Å². The number of imidazole rings is 1. The fourth-order valence-corrected chi connectivity index (χ4v) is 4.09. The second-order valence-electron chi connectivity index (χ2n) is 8.06. The summed E-state index contributed by atoms with van der Waals surface area (Å²) in [5.74, 6) is 0.0150. The van der Waals surface area contributed by atoms with Crippen LogP contribution in [-0.4, -0.2) is 45.8 Å². The number of rotatable bonds is 6. The highest BCUT2D eigenvalue weighted by molar-refractivity contribution is 6.01. The maximum absolute atomic E-state index is 13.1. The lowest BCUT2D eigenvalue weighted by Crippen LogP contribution is -2.58. The predicted molar refractivity (Wildman–Crippen MR) is 122 cm³/mol. The Morgan fingerprint density at radius 1 is 1.13 bits per heavy atom. The molecule has 0 radical (unpaired) electrons. The summed E-state index contributed by atoms with van der Waals surface area (Å²) in [7, 11) is 0. The molecule has 2 heterocycles. The summed E-state index contributed by atoms with van der Waals surface area (Å²) in [5, 5.41) is 0. The number of unbranched alkanes of at least 4 members (excludes halogenated alkanes) is 1. The summed E-state index contributed by atoms with van der Waals surface area (Å²) in [5.41, 5.74) is 3.88. The number of amides is 2. The van der Waals surface area contributed by atoms with Crippen LogP contribution < -0.4 is 4.90 Å². The number of hydrogen-bond acceptors (Lipinski definition) is 3. The third-order valence-corrected chi connectivity index (χ3v) is 5.76. The first kappa shape index (κ1) is 20.8. The van der Waals surface area contributed by atoms with E-state index in [2.05, 4.69) is 41.2 Å². The number of aromatic nitrogens is 2. The van der Waals surface area contributed by atoms with Crippen molar-refractivity contribution in [2.24, 2.45) is 0 Å². The lowest BCUT2D eigenvalue weighted by Gasteiger charge is -2.41. The highest BCUT2D eigenvalue weighted by Crippen LogP contribution is 2.28. The van der Waals surface area contributed by atoms with Crippen LogP contribution in [0, 0.1) is 6.92 Å². The average molecular weight is 417 g/mol. The van der Waals surface area contributed by atoms with Crippen molar-refractivity contribution in [3.05, 3.63) is 72.3 Å². The van der Waals surface area contributed by atoms with Crippen molar-refractivity contribution < 1.29 is 9.59 Å². The van der Waals surface area contributed by atoms with E-state index in [1.165, 1.54) is 0 Å². The van der Waals surface area contributed by atoms with Gasteiger partial charge < -0.3 is 14.8 Å². The standard InChI is InChI=1S/C25H28N4O2/c1-3-4-12-22-16-28(21-13-8-11-20(14-21)19-9-6-5-7-10-19)23(30)17-29(22)25(31)24-26-15-18(2)27-24/h5-11,13-15,22H,3-4,12,16-17H2,1-2H3,(H,26,27). The second-order valence-corrected chi connectivity index (χ2v) is 8.06. The first-order valence-electron chi connectivity index (χ1n) is 10.8. The van der Waals surface area contributed by atoms with Crippen molar-refractivity contribution in [1.82, 2.24) is 14.9 Å². The monoisotopic (exact) mass is 416 g/mol. The minimum absolute atomic E-state index is 0.0454. The first-order valence-corrected chi connectivity index (χ1v) is 10.8. The van der Waals surface area contributed by atoms with Gasteiger partial charge in [-0.15, -0.1) is 0 Å². The number of aryl methyl sites for hydroxylation is 1. The van der Waals surface area contributed by atoms with E-state index in [4.69, 9.17) is 0 Å². The number of carbonyl (C=O) groups excluding carboxylic acids is 2. The van der Waals surface area contributed by atoms with Crippen molar-refractivity contribution in [1.29, 1.82) is 0 Å². The van der Waals surface area contributed by atoms with Gasteiger partial charge in [0.05, 0.1) is 6.04 Å². The van der Waals surface area contributed by atoms with Crippen molar-refractivity contribution in [2.45, 2.75) is 39.2 Å². The molecule has 1 saturated heterocycles. The van der Waals surface area contributed by atoms with E-state index in [0.717, 1.165) is 41.8 Å². The molecule has 2 amide bonds. The Balaban J connectivity index is 1.60. The Labute approximate surface area is 182 Å². The third-order valence-electron chi connectivity index (χ3n) is 5.76. The zero-order valence-corrected chi connectivity index (χ0v) is 18.0. The Morgan fingerprint density at radius 3 is 2.61 bits per heavy atom. The van der Waals surface area contributed by atoms with E-state index in [0.29, 0.717) is 12.4 Å². The molecule has 4 rings (SSSR count). The van der Waals surface area contributed by atoms with E-state index in [-0.39, 0.29) is 24.4 Å². The minimum Gasteiger partial charge on any atom is -0.338 e. The molecule has 1 aliphatic rings. The van der Waals surface area contributed by atoms with Gasteiger partial charge in [0.25, 0.3) is 5.91 Å². The van der Waals surface area contributed by atoms with Crippen molar-refractivity contribution in [2.75, 3.05) is 18.0 Å². The van der Waals surface area contributed by atoms with Gasteiger partial charge in [-0.2, -0.15) is 0 Å². The number of hydrogen-bond donors (Lipinski definition) is 1. The van der Waals surface area contributed by atoms with Crippen molar-refractivity contribution >= 4 is 17.5 Å². The number of anilines is 1. The smallest absolute Gasteiger partial charge is 0.290 e. The summed E-state index contributed by atoms with van der Waals surface area (Å²) in [6.07, 6.45) is 4.53. The summed E-state index contributed by atoms with van der Waals surface area (Å²) in [6.45, 7) is 4.54. The van der Waals surface area contributed by atoms with Gasteiger partial charge in [-0.25, -0.2) is 4.98 Å². The van der Waals surface area contributed by atoms with Crippen LogP contribution in [0.5, 0.6) is 0 Å². The van der Waals surface area contributed by atoms with Gasteiger partial charge in [-0.3, -0.25) is 9.59 Å². The number of nitrogens with zero attached hydrogens (tertiary/aromatic N) is 3. The van der Waals surface area contributed by atoms with E-state index >= 15 is 0 Å². The van der Waals surface area contributed by atoms with Crippen molar-refractivity contribution in [3.63, 3.8) is 0 Å². The normalized spacial score (nSPS) is 16.6. The number of piperazine rings is 1. The largest absolute Gasteiger partial charge is 0.338 e. The molecule has 0 saturated carbocycles. The molecule has 1 N–H and O–H groups in total. The van der Waals surface area contributed by atoms with Crippen LogP contribution >= 0.6 is 0 Å². The molecule has 1 atom stereocenters. The fourth-order valence-electron chi connectivity index (χ4n) is 4.09. The third kappa shape index (κ3) is 4.53. The van der Waals surface area contributed by atoms with E-state index in [1.54, 1.807) is 11.1 Å². The first-order chi connectivity index (χ1) is 15.1. The van der Waals surface area contributed by atoms with Gasteiger partial charge in [0.15, 0.2) is 5.82 Å². The Morgan fingerprint density at radius 2 is 1.90 bits per heavy atom. The zero-order valence-electron chi connectivity index (χ0n) is 18.0. The predicted octanol–water partition coefficient (Wildman–Crippen LogP) is 4.43. The molecule has 1 unspecified atom stereocenters. The number of carbonyl (C=O) groups is 2. The van der Waals surface area contributed by atoms with Gasteiger partial charge in [0.2, 0.25) is 5.91 Å². The summed E-state index contributed by atoms with van der Waals surface area (Å²) in [6, 6.07) is 18.1. The molecule has 1 aliphatic heterocycles. The Hall–Kier alpha value is -3.41. The molecule has 6 nitrogen and oxygen atoms in total. The number of H-pyrrole nitrogens is 1. The minimum atomic E-state index is -0.208. The van der Waals surface area contributed by atoms with E-state index in [9.17, 15) is 9.59 Å². The number of benzene rings is 2. The van der Waals surface area contributed by atoms with Gasteiger partial charge >= 0.3 is 0 Å². The van der Waals surface area contributed by atoms with Gasteiger partial charge in [-0.05, 0) is 36.6 Å². The fraction of sp³-hybridized carbons (Fsp3) is 0.320. The molecule has 160 valence electrons. The second kappa shape index (κ2) is 9.16. The van der Waals surface area contributed by atoms with Gasteiger partial charge in [0, 0.05) is 24.1 Å². The Kier molecular flexibility index (Phi) is 6.16. The van der Waals surface area contributed by atoms with Crippen LogP contribution in [0.2, 0.25) is 0 Å². The molecule has 1 aromatic heterocycles. The highest BCUT2D eigenvalue weighted by atomic mass is 16.2. The van der Waals surface area contributed by atoms with Crippen LogP contribution in [0.25, 0.3) is 11.1 Å². The van der Waals surface area contributed by atoms with Crippen LogP contribution in [0.3, 0.4) is 0 Å². The van der Waals surface area contributed by atoms with Crippen LogP contribution in [-0.2, 0) is 4.79 Å². The maximum Gasteiger partial charge on any atom is 0.290 e. The maximum atomic E-state index is 13.1. The average Bonchev–Trinajstić information content (AvgIpc) is 3.24. The Bertz CT molecular complexity index is 1060. The van der Waals surface area contributed by atoms with E-state index in [1.807, 2.05) is 42.2 Å². The van der Waals surface area contributed by atoms with Gasteiger partial charge in [0.1, 0.15) is 6.54 Å². The molecule has 1 fully saturated rings. The molecule has 0 bridgehead atoms. The summed E-state index contributed by atoms with van der Waals surface area (Å²) >= 11 is 0.